The number of Topliss-reactive ketones (excluding diaryl/α,β-unsaturated/α-hetero) is 1. The number of hydrogen-bond donors (Lipinski definition) is 1. The van der Waals surface area contributed by atoms with Crippen molar-refractivity contribution >= 4 is 11.9 Å². The van der Waals surface area contributed by atoms with Crippen LogP contribution in [0.1, 0.15) is 35.1 Å². The summed E-state index contributed by atoms with van der Waals surface area (Å²) in [6.07, 6.45) is -2.41. The van der Waals surface area contributed by atoms with Crippen molar-refractivity contribution in [2.45, 2.75) is 63.6 Å². The number of carbonyl (C=O) groups is 2. The zero-order valence-corrected chi connectivity index (χ0v) is 24.0. The highest BCUT2D eigenvalue weighted by Gasteiger charge is 2.44. The van der Waals surface area contributed by atoms with Gasteiger partial charge in [0, 0.05) is 6.42 Å². The maximum absolute atomic E-state index is 13.6. The van der Waals surface area contributed by atoms with Crippen molar-refractivity contribution in [1.29, 1.82) is 0 Å². The summed E-state index contributed by atoms with van der Waals surface area (Å²) in [5, 5.41) is 2.98. The molecule has 43 heavy (non-hydrogen) atoms. The smallest absolute Gasteiger partial charge is 0.407 e. The van der Waals surface area contributed by atoms with E-state index in [9.17, 15) is 9.59 Å². The van der Waals surface area contributed by atoms with Gasteiger partial charge in [-0.2, -0.15) is 0 Å². The molecular weight excluding hydrogens is 542 g/mol. The molecule has 1 N–H and O–H groups in total. The molecule has 0 bridgehead atoms. The number of rotatable bonds is 12. The number of ether oxygens (including phenoxy) is 4. The molecule has 1 fully saturated rings. The van der Waals surface area contributed by atoms with Gasteiger partial charge < -0.3 is 24.3 Å². The van der Waals surface area contributed by atoms with Gasteiger partial charge in [0.2, 0.25) is 0 Å². The first-order valence-corrected chi connectivity index (χ1v) is 14.6. The lowest BCUT2D eigenvalue weighted by atomic mass is 10.0. The fourth-order valence-electron chi connectivity index (χ4n) is 5.13. The van der Waals surface area contributed by atoms with E-state index in [1.165, 1.54) is 0 Å². The monoisotopic (exact) mass is 579 g/mol. The Hall–Kier alpha value is -4.30. The van der Waals surface area contributed by atoms with Gasteiger partial charge in [0.1, 0.15) is 24.9 Å². The predicted molar refractivity (Wildman–Crippen MR) is 163 cm³/mol. The Morgan fingerprint density at radius 1 is 0.581 bits per heavy atom. The highest BCUT2D eigenvalue weighted by Crippen LogP contribution is 2.27. The molecule has 4 aromatic carbocycles. The SMILES string of the molecule is O=C(N[C@H]1CCC(=O)[C@@H](OCc2ccccc2)[C@@H](OCc2ccccc2)[C@@H]1OCc1ccccc1)OCc1ccccc1. The van der Waals surface area contributed by atoms with E-state index in [4.69, 9.17) is 18.9 Å². The van der Waals surface area contributed by atoms with E-state index in [1.807, 2.05) is 121 Å². The van der Waals surface area contributed by atoms with Crippen LogP contribution < -0.4 is 5.32 Å². The van der Waals surface area contributed by atoms with E-state index in [1.54, 1.807) is 0 Å². The Kier molecular flexibility index (Phi) is 11.1. The van der Waals surface area contributed by atoms with Gasteiger partial charge in [-0.25, -0.2) is 4.79 Å². The Labute approximate surface area is 252 Å². The van der Waals surface area contributed by atoms with Crippen molar-refractivity contribution in [3.8, 4) is 0 Å². The van der Waals surface area contributed by atoms with Crippen LogP contribution in [-0.4, -0.2) is 36.2 Å². The normalized spacial score (nSPS) is 20.2. The molecule has 7 nitrogen and oxygen atoms in total. The first-order valence-electron chi connectivity index (χ1n) is 14.6. The molecular formula is C36H37NO6. The second kappa shape index (κ2) is 15.8. The molecule has 0 spiro atoms. The number of hydrogen-bond acceptors (Lipinski definition) is 6. The average molecular weight is 580 g/mol. The standard InChI is InChI=1S/C36H37NO6/c38-32-22-21-31(37-36(39)43-26-30-19-11-4-12-20-30)33(40-23-27-13-5-1-6-14-27)35(42-25-29-17-9-3-10-18-29)34(32)41-24-28-15-7-2-8-16-28/h1-20,31,33-35H,21-26H2,(H,37,39)/t31-,33+,34+,35-/m0/s1. The number of benzene rings is 4. The van der Waals surface area contributed by atoms with Gasteiger partial charge in [0.25, 0.3) is 0 Å². The molecule has 0 radical (unpaired) electrons. The second-order valence-electron chi connectivity index (χ2n) is 10.6. The summed E-state index contributed by atoms with van der Waals surface area (Å²) in [4.78, 5) is 26.6. The summed E-state index contributed by atoms with van der Waals surface area (Å²) in [5.74, 6) is -0.0933. The van der Waals surface area contributed by atoms with Crippen LogP contribution in [0.15, 0.2) is 121 Å². The zero-order chi connectivity index (χ0) is 29.7. The van der Waals surface area contributed by atoms with Gasteiger partial charge in [-0.1, -0.05) is 121 Å². The van der Waals surface area contributed by atoms with E-state index < -0.39 is 30.4 Å². The molecule has 0 aromatic heterocycles. The minimum absolute atomic E-state index is 0.0933. The van der Waals surface area contributed by atoms with Crippen molar-refractivity contribution in [1.82, 2.24) is 5.32 Å². The highest BCUT2D eigenvalue weighted by molar-refractivity contribution is 5.84. The minimum atomic E-state index is -0.892. The Bertz CT molecular complexity index is 1400. The van der Waals surface area contributed by atoms with Crippen molar-refractivity contribution in [2.75, 3.05) is 0 Å². The van der Waals surface area contributed by atoms with Crippen LogP contribution >= 0.6 is 0 Å². The molecule has 4 atom stereocenters. The Balaban J connectivity index is 1.39. The largest absolute Gasteiger partial charge is 0.445 e. The van der Waals surface area contributed by atoms with E-state index in [0.717, 1.165) is 22.3 Å². The number of ketones is 1. The first kappa shape index (κ1) is 30.2. The molecule has 1 aliphatic rings. The number of amides is 1. The third-order valence-electron chi connectivity index (χ3n) is 7.40. The molecule has 0 heterocycles. The van der Waals surface area contributed by atoms with Crippen molar-refractivity contribution in [2.24, 2.45) is 0 Å². The van der Waals surface area contributed by atoms with Gasteiger partial charge in [-0.05, 0) is 28.7 Å². The number of nitrogens with one attached hydrogen (secondary N) is 1. The quantitative estimate of drug-likeness (QED) is 0.196. The third-order valence-corrected chi connectivity index (χ3v) is 7.40. The summed E-state index contributed by atoms with van der Waals surface area (Å²) in [5.41, 5.74) is 3.74. The third kappa shape index (κ3) is 9.09. The van der Waals surface area contributed by atoms with Crippen LogP contribution in [0.4, 0.5) is 4.79 Å². The molecule has 4 aromatic rings. The summed E-state index contributed by atoms with van der Waals surface area (Å²) in [6, 6.07) is 38.2. The lowest BCUT2D eigenvalue weighted by molar-refractivity contribution is -0.166. The Morgan fingerprint density at radius 2 is 1.00 bits per heavy atom. The zero-order valence-electron chi connectivity index (χ0n) is 24.0. The highest BCUT2D eigenvalue weighted by atomic mass is 16.6. The van der Waals surface area contributed by atoms with Gasteiger partial charge in [0.05, 0.1) is 25.9 Å². The molecule has 0 saturated heterocycles. The minimum Gasteiger partial charge on any atom is -0.445 e. The fourth-order valence-corrected chi connectivity index (χ4v) is 5.13. The molecule has 1 saturated carbocycles. The maximum atomic E-state index is 13.6. The van der Waals surface area contributed by atoms with Crippen LogP contribution in [0.25, 0.3) is 0 Å². The second-order valence-corrected chi connectivity index (χ2v) is 10.6. The molecule has 222 valence electrons. The van der Waals surface area contributed by atoms with Crippen molar-refractivity contribution in [3.05, 3.63) is 144 Å². The van der Waals surface area contributed by atoms with E-state index in [2.05, 4.69) is 5.32 Å². The lowest BCUT2D eigenvalue weighted by Crippen LogP contribution is -2.53. The fraction of sp³-hybridized carbons (Fsp3) is 0.278. The van der Waals surface area contributed by atoms with E-state index in [0.29, 0.717) is 6.42 Å². The number of carbonyl (C=O) groups excluding carboxylic acids is 2. The van der Waals surface area contributed by atoms with Gasteiger partial charge in [-0.15, -0.1) is 0 Å². The summed E-state index contributed by atoms with van der Waals surface area (Å²) in [6.45, 7) is 0.892. The van der Waals surface area contributed by atoms with E-state index in [-0.39, 0.29) is 38.6 Å². The topological polar surface area (TPSA) is 83.1 Å². The average Bonchev–Trinajstić information content (AvgIpc) is 3.18. The van der Waals surface area contributed by atoms with Gasteiger partial charge in [0.15, 0.2) is 5.78 Å². The van der Waals surface area contributed by atoms with Gasteiger partial charge in [-0.3, -0.25) is 4.79 Å². The summed E-state index contributed by atoms with van der Waals surface area (Å²) < 4.78 is 24.9. The molecule has 1 aliphatic carbocycles. The molecule has 5 rings (SSSR count). The summed E-state index contributed by atoms with van der Waals surface area (Å²) >= 11 is 0. The Morgan fingerprint density at radius 3 is 1.49 bits per heavy atom. The van der Waals surface area contributed by atoms with Crippen LogP contribution in [0.2, 0.25) is 0 Å². The van der Waals surface area contributed by atoms with Crippen LogP contribution in [0, 0.1) is 0 Å². The van der Waals surface area contributed by atoms with Crippen LogP contribution in [-0.2, 0) is 50.2 Å². The van der Waals surface area contributed by atoms with Crippen LogP contribution in [0.5, 0.6) is 0 Å². The predicted octanol–water partition coefficient (Wildman–Crippen LogP) is 6.40. The molecule has 0 aliphatic heterocycles. The van der Waals surface area contributed by atoms with E-state index >= 15 is 0 Å². The maximum Gasteiger partial charge on any atom is 0.407 e. The van der Waals surface area contributed by atoms with Gasteiger partial charge >= 0.3 is 6.09 Å². The van der Waals surface area contributed by atoms with Crippen molar-refractivity contribution < 1.29 is 28.5 Å². The van der Waals surface area contributed by atoms with Crippen LogP contribution in [0.3, 0.4) is 0 Å². The summed E-state index contributed by atoms with van der Waals surface area (Å²) in [7, 11) is 0. The molecule has 1 amide bonds. The number of alkyl carbamates (subject to hydrolysis) is 1. The lowest BCUT2D eigenvalue weighted by Gasteiger charge is -2.34. The molecule has 7 heteroatoms. The first-order chi connectivity index (χ1) is 21.2. The molecule has 0 unspecified atom stereocenters. The van der Waals surface area contributed by atoms with Crippen molar-refractivity contribution in [3.63, 3.8) is 0 Å².